The summed E-state index contributed by atoms with van der Waals surface area (Å²) in [6.07, 6.45) is 2.49. The third kappa shape index (κ3) is 3.25. The highest BCUT2D eigenvalue weighted by Gasteiger charge is 2.13. The van der Waals surface area contributed by atoms with Crippen molar-refractivity contribution >= 4 is 15.9 Å². The van der Waals surface area contributed by atoms with Crippen molar-refractivity contribution in [3.05, 3.63) is 46.2 Å². The maximum absolute atomic E-state index is 8.98. The Morgan fingerprint density at radius 1 is 1.21 bits per heavy atom. The van der Waals surface area contributed by atoms with Crippen LogP contribution in [0.1, 0.15) is 32.0 Å². The fourth-order valence-corrected chi connectivity index (χ4v) is 2.38. The molecule has 0 bridgehead atoms. The van der Waals surface area contributed by atoms with Crippen molar-refractivity contribution < 1.29 is 5.11 Å². The van der Waals surface area contributed by atoms with E-state index in [0.29, 0.717) is 6.42 Å². The molecule has 0 aliphatic heterocycles. The van der Waals surface area contributed by atoms with Gasteiger partial charge in [0.25, 0.3) is 0 Å². The summed E-state index contributed by atoms with van der Waals surface area (Å²) in [7, 11) is 0. The Hall–Kier alpha value is -1.13. The molecule has 0 saturated carbocycles. The van der Waals surface area contributed by atoms with E-state index < -0.39 is 0 Å². The first kappa shape index (κ1) is 14.3. The van der Waals surface area contributed by atoms with Crippen LogP contribution in [0.3, 0.4) is 0 Å². The van der Waals surface area contributed by atoms with Gasteiger partial charge in [0.2, 0.25) is 0 Å². The Morgan fingerprint density at radius 3 is 2.37 bits per heavy atom. The van der Waals surface area contributed by atoms with E-state index in [0.717, 1.165) is 15.9 Å². The van der Waals surface area contributed by atoms with Gasteiger partial charge in [-0.1, -0.05) is 32.9 Å². The normalized spacial score (nSPS) is 11.8. The van der Waals surface area contributed by atoms with Gasteiger partial charge in [0.05, 0.1) is 15.9 Å². The fraction of sp³-hybridized carbons (Fsp3) is 0.400. The van der Waals surface area contributed by atoms with E-state index in [2.05, 4.69) is 66.1 Å². The highest BCUT2D eigenvalue weighted by Crippen LogP contribution is 2.24. The summed E-state index contributed by atoms with van der Waals surface area (Å²) in [5, 5.41) is 13.5. The van der Waals surface area contributed by atoms with Gasteiger partial charge in [0, 0.05) is 19.2 Å². The van der Waals surface area contributed by atoms with Gasteiger partial charge in [-0.05, 0) is 39.0 Å². The van der Waals surface area contributed by atoms with Crippen molar-refractivity contribution in [2.24, 2.45) is 0 Å². The molecule has 0 saturated heterocycles. The summed E-state index contributed by atoms with van der Waals surface area (Å²) in [6, 6.07) is 8.42. The molecule has 1 heterocycles. The second-order valence-corrected chi connectivity index (χ2v) is 6.49. The van der Waals surface area contributed by atoms with E-state index in [-0.39, 0.29) is 12.0 Å². The van der Waals surface area contributed by atoms with E-state index >= 15 is 0 Å². The molecule has 0 fully saturated rings. The van der Waals surface area contributed by atoms with Crippen LogP contribution in [0.2, 0.25) is 0 Å². The molecular weight excluding hydrogens is 304 g/mol. The number of nitrogens with zero attached hydrogens (tertiary/aromatic N) is 2. The van der Waals surface area contributed by atoms with Crippen molar-refractivity contribution in [1.82, 2.24) is 9.78 Å². The van der Waals surface area contributed by atoms with Crippen LogP contribution in [-0.4, -0.2) is 21.5 Å². The van der Waals surface area contributed by atoms with Crippen LogP contribution < -0.4 is 0 Å². The lowest BCUT2D eigenvalue weighted by atomic mass is 9.87. The summed E-state index contributed by atoms with van der Waals surface area (Å²) < 4.78 is 2.77. The number of hydrogen-bond acceptors (Lipinski definition) is 2. The molecule has 0 spiro atoms. The summed E-state index contributed by atoms with van der Waals surface area (Å²) in [4.78, 5) is 0. The van der Waals surface area contributed by atoms with Crippen molar-refractivity contribution in [2.75, 3.05) is 6.61 Å². The zero-order valence-corrected chi connectivity index (χ0v) is 13.1. The lowest BCUT2D eigenvalue weighted by molar-refractivity contribution is 0.298. The summed E-state index contributed by atoms with van der Waals surface area (Å²) in [5.41, 5.74) is 3.36. The highest BCUT2D eigenvalue weighted by molar-refractivity contribution is 9.10. The van der Waals surface area contributed by atoms with E-state index in [1.165, 1.54) is 5.56 Å². The van der Waals surface area contributed by atoms with Crippen LogP contribution in [0, 0.1) is 0 Å². The SMILES string of the molecule is CC(C)(C)c1ccc(-n2cc(Br)c(CCO)n2)cc1. The van der Waals surface area contributed by atoms with E-state index in [9.17, 15) is 0 Å². The minimum Gasteiger partial charge on any atom is -0.396 e. The Kier molecular flexibility index (Phi) is 4.11. The molecule has 1 aromatic heterocycles. The Bertz CT molecular complexity index is 553. The zero-order chi connectivity index (χ0) is 14.0. The summed E-state index contributed by atoms with van der Waals surface area (Å²) in [6.45, 7) is 6.71. The minimum atomic E-state index is 0.110. The van der Waals surface area contributed by atoms with E-state index in [4.69, 9.17) is 5.11 Å². The molecular formula is C15H19BrN2O. The van der Waals surface area contributed by atoms with E-state index in [1.807, 2.05) is 10.9 Å². The molecule has 3 nitrogen and oxygen atoms in total. The zero-order valence-electron chi connectivity index (χ0n) is 11.5. The maximum atomic E-state index is 8.98. The molecule has 0 atom stereocenters. The second kappa shape index (κ2) is 5.47. The monoisotopic (exact) mass is 322 g/mol. The van der Waals surface area contributed by atoms with Gasteiger partial charge in [-0.3, -0.25) is 0 Å². The average Bonchev–Trinajstić information content (AvgIpc) is 2.71. The van der Waals surface area contributed by atoms with Crippen molar-refractivity contribution in [2.45, 2.75) is 32.6 Å². The molecule has 0 aliphatic carbocycles. The van der Waals surface area contributed by atoms with Crippen molar-refractivity contribution in [3.8, 4) is 5.69 Å². The van der Waals surface area contributed by atoms with Gasteiger partial charge in [-0.25, -0.2) is 4.68 Å². The Labute approximate surface area is 122 Å². The molecule has 2 aromatic rings. The lowest BCUT2D eigenvalue weighted by Gasteiger charge is -2.19. The van der Waals surface area contributed by atoms with Gasteiger partial charge in [-0.15, -0.1) is 0 Å². The van der Waals surface area contributed by atoms with Gasteiger partial charge < -0.3 is 5.11 Å². The fourth-order valence-electron chi connectivity index (χ4n) is 1.91. The molecule has 0 unspecified atom stereocenters. The number of rotatable bonds is 3. The van der Waals surface area contributed by atoms with Crippen LogP contribution in [0.4, 0.5) is 0 Å². The van der Waals surface area contributed by atoms with Gasteiger partial charge in [0.15, 0.2) is 0 Å². The summed E-state index contributed by atoms with van der Waals surface area (Å²) >= 11 is 3.47. The molecule has 4 heteroatoms. The Balaban J connectivity index is 2.30. The highest BCUT2D eigenvalue weighted by atomic mass is 79.9. The predicted molar refractivity (Wildman–Crippen MR) is 80.8 cm³/mol. The number of aromatic nitrogens is 2. The number of halogens is 1. The lowest BCUT2D eigenvalue weighted by Crippen LogP contribution is -2.10. The number of benzene rings is 1. The molecule has 2 rings (SSSR count). The second-order valence-electron chi connectivity index (χ2n) is 5.64. The van der Waals surface area contributed by atoms with Gasteiger partial charge in [-0.2, -0.15) is 5.10 Å². The van der Waals surface area contributed by atoms with Crippen LogP contribution in [0.15, 0.2) is 34.9 Å². The maximum Gasteiger partial charge on any atom is 0.0793 e. The largest absolute Gasteiger partial charge is 0.396 e. The standard InChI is InChI=1S/C15H19BrN2O/c1-15(2,3)11-4-6-12(7-5-11)18-10-13(16)14(17-18)8-9-19/h4-7,10,19H,8-9H2,1-3H3. The number of aliphatic hydroxyl groups excluding tert-OH is 1. The van der Waals surface area contributed by atoms with Crippen LogP contribution in [0.25, 0.3) is 5.69 Å². The van der Waals surface area contributed by atoms with Crippen molar-refractivity contribution in [1.29, 1.82) is 0 Å². The summed E-state index contributed by atoms with van der Waals surface area (Å²) in [5.74, 6) is 0. The molecule has 1 N–H and O–H groups in total. The smallest absolute Gasteiger partial charge is 0.0793 e. The average molecular weight is 323 g/mol. The molecule has 1 aromatic carbocycles. The molecule has 0 radical (unpaired) electrons. The molecule has 0 amide bonds. The van der Waals surface area contributed by atoms with Crippen molar-refractivity contribution in [3.63, 3.8) is 0 Å². The van der Waals surface area contributed by atoms with Crippen LogP contribution in [0.5, 0.6) is 0 Å². The van der Waals surface area contributed by atoms with Crippen LogP contribution in [-0.2, 0) is 11.8 Å². The molecule has 102 valence electrons. The number of aliphatic hydroxyl groups is 1. The van der Waals surface area contributed by atoms with Gasteiger partial charge >= 0.3 is 0 Å². The third-order valence-corrected chi connectivity index (χ3v) is 3.75. The minimum absolute atomic E-state index is 0.110. The quantitative estimate of drug-likeness (QED) is 0.939. The first-order valence-electron chi connectivity index (χ1n) is 6.37. The van der Waals surface area contributed by atoms with Crippen LogP contribution >= 0.6 is 15.9 Å². The first-order valence-corrected chi connectivity index (χ1v) is 7.17. The Morgan fingerprint density at radius 2 is 1.84 bits per heavy atom. The first-order chi connectivity index (χ1) is 8.91. The van der Waals surface area contributed by atoms with E-state index in [1.54, 1.807) is 0 Å². The number of hydrogen-bond donors (Lipinski definition) is 1. The van der Waals surface area contributed by atoms with Gasteiger partial charge in [0.1, 0.15) is 0 Å². The topological polar surface area (TPSA) is 38.0 Å². The molecule has 19 heavy (non-hydrogen) atoms. The molecule has 0 aliphatic rings. The third-order valence-electron chi connectivity index (χ3n) is 3.09. The predicted octanol–water partition coefficient (Wildman–Crippen LogP) is 3.47.